The zero-order valence-electron chi connectivity index (χ0n) is 17.0. The Morgan fingerprint density at radius 2 is 1.45 bits per heavy atom. The highest BCUT2D eigenvalue weighted by Crippen LogP contribution is 2.21. The summed E-state index contributed by atoms with van der Waals surface area (Å²) in [5.74, 6) is 0. The Morgan fingerprint density at radius 1 is 0.871 bits per heavy atom. The predicted octanol–water partition coefficient (Wildman–Crippen LogP) is 2.76. The summed E-state index contributed by atoms with van der Waals surface area (Å²) in [6.45, 7) is 3.87. The number of anilines is 2. The van der Waals surface area contributed by atoms with Crippen LogP contribution in [0.3, 0.4) is 0 Å². The fraction of sp³-hybridized carbons (Fsp3) is 0.217. The van der Waals surface area contributed by atoms with Crippen molar-refractivity contribution in [2.45, 2.75) is 11.4 Å². The highest BCUT2D eigenvalue weighted by Gasteiger charge is 2.19. The molecule has 31 heavy (non-hydrogen) atoms. The van der Waals surface area contributed by atoms with Crippen LogP contribution in [0.25, 0.3) is 0 Å². The van der Waals surface area contributed by atoms with Gasteiger partial charge in [0, 0.05) is 56.5 Å². The van der Waals surface area contributed by atoms with Gasteiger partial charge in [0.25, 0.3) is 0 Å². The van der Waals surface area contributed by atoms with Gasteiger partial charge in [0.15, 0.2) is 0 Å². The van der Waals surface area contributed by atoms with Gasteiger partial charge in [0.2, 0.25) is 10.0 Å². The molecule has 1 fully saturated rings. The minimum absolute atomic E-state index is 0.00110. The van der Waals surface area contributed by atoms with Crippen LogP contribution in [0.15, 0.2) is 78.0 Å². The van der Waals surface area contributed by atoms with Crippen LogP contribution in [-0.4, -0.2) is 39.6 Å². The molecule has 0 aliphatic carbocycles. The molecule has 0 atom stereocenters. The molecule has 1 aromatic heterocycles. The van der Waals surface area contributed by atoms with E-state index in [1.807, 2.05) is 54.9 Å². The number of pyridine rings is 1. The van der Waals surface area contributed by atoms with E-state index >= 15 is 0 Å². The summed E-state index contributed by atoms with van der Waals surface area (Å²) in [6, 6.07) is 20.1. The first-order chi connectivity index (χ1) is 15.1. The van der Waals surface area contributed by atoms with Gasteiger partial charge >= 0.3 is 0 Å². The lowest BCUT2D eigenvalue weighted by Gasteiger charge is -2.37. The van der Waals surface area contributed by atoms with E-state index in [2.05, 4.69) is 19.5 Å². The summed E-state index contributed by atoms with van der Waals surface area (Å²) in [5, 5.41) is 9.15. The van der Waals surface area contributed by atoms with Gasteiger partial charge in [0.1, 0.15) is 6.07 Å². The van der Waals surface area contributed by atoms with Gasteiger partial charge in [-0.1, -0.05) is 24.3 Å². The highest BCUT2D eigenvalue weighted by molar-refractivity contribution is 7.89. The first kappa shape index (κ1) is 20.8. The minimum Gasteiger partial charge on any atom is -0.368 e. The topological polar surface area (TPSA) is 89.3 Å². The standard InChI is InChI=1S/C23H23N5O2S/c24-17-20-3-1-2-4-23(20)31(29,30)26-18-19-5-7-21(8-6-19)27-13-15-28(16-14-27)22-9-11-25-12-10-22/h1-12,26H,13-16,18H2. The minimum atomic E-state index is -3.76. The monoisotopic (exact) mass is 433 g/mol. The lowest BCUT2D eigenvalue weighted by Crippen LogP contribution is -2.46. The number of nitrogens with one attached hydrogen (secondary N) is 1. The van der Waals surface area contributed by atoms with Crippen LogP contribution >= 0.6 is 0 Å². The van der Waals surface area contributed by atoms with Crippen LogP contribution in [0, 0.1) is 11.3 Å². The van der Waals surface area contributed by atoms with Gasteiger partial charge in [-0.25, -0.2) is 13.1 Å². The number of nitrogens with zero attached hydrogens (tertiary/aromatic N) is 4. The van der Waals surface area contributed by atoms with Crippen LogP contribution in [0.4, 0.5) is 11.4 Å². The first-order valence-electron chi connectivity index (χ1n) is 10.0. The van der Waals surface area contributed by atoms with E-state index in [0.717, 1.165) is 37.4 Å². The number of rotatable bonds is 6. The van der Waals surface area contributed by atoms with Gasteiger partial charge in [-0.3, -0.25) is 4.98 Å². The van der Waals surface area contributed by atoms with E-state index in [4.69, 9.17) is 5.26 Å². The molecular formula is C23H23N5O2S. The molecule has 0 spiro atoms. The maximum atomic E-state index is 12.6. The lowest BCUT2D eigenvalue weighted by atomic mass is 10.1. The molecule has 0 saturated carbocycles. The summed E-state index contributed by atoms with van der Waals surface area (Å²) >= 11 is 0. The number of hydrogen-bond acceptors (Lipinski definition) is 6. The number of hydrogen-bond donors (Lipinski definition) is 1. The SMILES string of the molecule is N#Cc1ccccc1S(=O)(=O)NCc1ccc(N2CCN(c3ccncc3)CC2)cc1. The van der Waals surface area contributed by atoms with Gasteiger partial charge in [-0.15, -0.1) is 0 Å². The van der Waals surface area contributed by atoms with E-state index in [0.29, 0.717) is 0 Å². The van der Waals surface area contributed by atoms with Crippen molar-refractivity contribution in [3.63, 3.8) is 0 Å². The average Bonchev–Trinajstić information content (AvgIpc) is 2.84. The summed E-state index contributed by atoms with van der Waals surface area (Å²) in [4.78, 5) is 8.75. The Balaban J connectivity index is 1.35. The molecule has 0 radical (unpaired) electrons. The Hall–Kier alpha value is -3.41. The number of benzene rings is 2. The number of aromatic nitrogens is 1. The van der Waals surface area contributed by atoms with Crippen LogP contribution in [0.2, 0.25) is 0 Å². The Kier molecular flexibility index (Phi) is 6.16. The molecule has 158 valence electrons. The molecule has 4 rings (SSSR count). The average molecular weight is 434 g/mol. The molecule has 0 unspecified atom stereocenters. The molecular weight excluding hydrogens is 410 g/mol. The molecule has 7 nitrogen and oxygen atoms in total. The Bertz CT molecular complexity index is 1170. The molecule has 1 aliphatic rings. The zero-order chi connectivity index (χ0) is 21.7. The lowest BCUT2D eigenvalue weighted by molar-refractivity contribution is 0.581. The molecule has 0 bridgehead atoms. The molecule has 2 aromatic carbocycles. The highest BCUT2D eigenvalue weighted by atomic mass is 32.2. The molecule has 3 aromatic rings. The maximum absolute atomic E-state index is 12.6. The summed E-state index contributed by atoms with van der Waals surface area (Å²) in [5.41, 5.74) is 3.31. The summed E-state index contributed by atoms with van der Waals surface area (Å²) in [6.07, 6.45) is 3.63. The molecule has 2 heterocycles. The van der Waals surface area contributed by atoms with Crippen molar-refractivity contribution >= 4 is 21.4 Å². The van der Waals surface area contributed by atoms with Crippen molar-refractivity contribution in [3.05, 3.63) is 84.2 Å². The quantitative estimate of drug-likeness (QED) is 0.643. The van der Waals surface area contributed by atoms with E-state index in [1.54, 1.807) is 12.1 Å². The molecule has 8 heteroatoms. The second-order valence-electron chi connectivity index (χ2n) is 7.28. The Labute approximate surface area is 182 Å². The third kappa shape index (κ3) is 4.85. The summed E-state index contributed by atoms with van der Waals surface area (Å²) in [7, 11) is -3.76. The van der Waals surface area contributed by atoms with Crippen molar-refractivity contribution in [2.75, 3.05) is 36.0 Å². The normalized spacial score (nSPS) is 14.3. The molecule has 1 saturated heterocycles. The molecule has 1 aliphatic heterocycles. The number of nitriles is 1. The molecule has 0 amide bonds. The van der Waals surface area contributed by atoms with Crippen molar-refractivity contribution in [1.82, 2.24) is 9.71 Å². The van der Waals surface area contributed by atoms with E-state index in [-0.39, 0.29) is 17.0 Å². The van der Waals surface area contributed by atoms with Crippen molar-refractivity contribution in [2.24, 2.45) is 0 Å². The van der Waals surface area contributed by atoms with Gasteiger partial charge in [-0.2, -0.15) is 5.26 Å². The van der Waals surface area contributed by atoms with E-state index in [1.165, 1.54) is 17.8 Å². The van der Waals surface area contributed by atoms with Gasteiger partial charge in [-0.05, 0) is 42.0 Å². The fourth-order valence-corrected chi connectivity index (χ4v) is 4.82. The fourth-order valence-electron chi connectivity index (χ4n) is 3.65. The number of sulfonamides is 1. The third-order valence-corrected chi connectivity index (χ3v) is 6.83. The summed E-state index contributed by atoms with van der Waals surface area (Å²) < 4.78 is 27.7. The zero-order valence-corrected chi connectivity index (χ0v) is 17.8. The van der Waals surface area contributed by atoms with Crippen LogP contribution in [0.1, 0.15) is 11.1 Å². The maximum Gasteiger partial charge on any atom is 0.242 e. The van der Waals surface area contributed by atoms with Crippen molar-refractivity contribution < 1.29 is 8.42 Å². The van der Waals surface area contributed by atoms with Crippen LogP contribution < -0.4 is 14.5 Å². The number of piperazine rings is 1. The second kappa shape index (κ2) is 9.16. The van der Waals surface area contributed by atoms with Crippen molar-refractivity contribution in [1.29, 1.82) is 5.26 Å². The smallest absolute Gasteiger partial charge is 0.242 e. The third-order valence-electron chi connectivity index (χ3n) is 5.37. The van der Waals surface area contributed by atoms with Crippen LogP contribution in [0.5, 0.6) is 0 Å². The van der Waals surface area contributed by atoms with Gasteiger partial charge in [0.05, 0.1) is 10.5 Å². The Morgan fingerprint density at radius 3 is 2.06 bits per heavy atom. The van der Waals surface area contributed by atoms with E-state index < -0.39 is 10.0 Å². The first-order valence-corrected chi connectivity index (χ1v) is 11.5. The van der Waals surface area contributed by atoms with Gasteiger partial charge < -0.3 is 9.80 Å². The largest absolute Gasteiger partial charge is 0.368 e. The predicted molar refractivity (Wildman–Crippen MR) is 120 cm³/mol. The van der Waals surface area contributed by atoms with Crippen LogP contribution in [-0.2, 0) is 16.6 Å². The van der Waals surface area contributed by atoms with E-state index in [9.17, 15) is 8.42 Å². The van der Waals surface area contributed by atoms with Crippen molar-refractivity contribution in [3.8, 4) is 6.07 Å². The molecule has 1 N–H and O–H groups in total. The second-order valence-corrected chi connectivity index (χ2v) is 9.01.